The van der Waals surface area contributed by atoms with E-state index < -0.39 is 10.0 Å². The van der Waals surface area contributed by atoms with Crippen molar-refractivity contribution in [3.05, 3.63) is 29.8 Å². The van der Waals surface area contributed by atoms with Gasteiger partial charge in [-0.2, -0.15) is 0 Å². The van der Waals surface area contributed by atoms with Crippen LogP contribution in [-0.4, -0.2) is 56.8 Å². The van der Waals surface area contributed by atoms with Gasteiger partial charge in [0.2, 0.25) is 10.0 Å². The Bertz CT molecular complexity index is 571. The molecule has 7 heteroatoms. The van der Waals surface area contributed by atoms with Crippen LogP contribution in [0, 0.1) is 0 Å². The summed E-state index contributed by atoms with van der Waals surface area (Å²) in [6.07, 6.45) is 0.776. The van der Waals surface area contributed by atoms with Crippen molar-refractivity contribution in [2.45, 2.75) is 11.3 Å². The number of rotatable bonds is 7. The second-order valence-electron chi connectivity index (χ2n) is 4.88. The number of hydrogen-bond donors (Lipinski definition) is 1. The molecule has 0 saturated heterocycles. The highest BCUT2D eigenvalue weighted by Crippen LogP contribution is 2.16. The third-order valence-electron chi connectivity index (χ3n) is 2.91. The van der Waals surface area contributed by atoms with Gasteiger partial charge in [0.05, 0.1) is 4.90 Å². The lowest BCUT2D eigenvalue weighted by molar-refractivity contribution is 0.370. The molecule has 0 amide bonds. The molecule has 0 aliphatic heterocycles. The molecule has 0 aliphatic rings. The Morgan fingerprint density at radius 3 is 2.45 bits per heavy atom. The molecule has 5 nitrogen and oxygen atoms in total. The van der Waals surface area contributed by atoms with Gasteiger partial charge in [0.15, 0.2) is 0 Å². The van der Waals surface area contributed by atoms with Gasteiger partial charge in [0.25, 0.3) is 0 Å². The van der Waals surface area contributed by atoms with E-state index in [0.717, 1.165) is 13.0 Å². The molecule has 0 radical (unpaired) electrons. The molecular formula is C13H21N3O2S2. The topological polar surface area (TPSA) is 66.6 Å². The molecule has 112 valence electrons. The molecule has 0 unspecified atom stereocenters. The van der Waals surface area contributed by atoms with Crippen LogP contribution in [0.4, 0.5) is 0 Å². The van der Waals surface area contributed by atoms with Crippen LogP contribution in [0.2, 0.25) is 0 Å². The molecule has 0 atom stereocenters. The zero-order valence-electron chi connectivity index (χ0n) is 12.0. The van der Waals surface area contributed by atoms with Crippen molar-refractivity contribution in [1.82, 2.24) is 9.21 Å². The van der Waals surface area contributed by atoms with E-state index in [4.69, 9.17) is 18.0 Å². The second kappa shape index (κ2) is 7.12. The highest BCUT2D eigenvalue weighted by Gasteiger charge is 2.20. The zero-order chi connectivity index (χ0) is 15.3. The van der Waals surface area contributed by atoms with Crippen LogP contribution in [0.25, 0.3) is 0 Å². The minimum atomic E-state index is -3.49. The molecule has 0 spiro atoms. The number of sulfonamides is 1. The summed E-state index contributed by atoms with van der Waals surface area (Å²) >= 11 is 4.87. The van der Waals surface area contributed by atoms with Crippen molar-refractivity contribution >= 4 is 27.2 Å². The fraction of sp³-hybridized carbons (Fsp3) is 0.462. The van der Waals surface area contributed by atoms with Crippen molar-refractivity contribution in [1.29, 1.82) is 0 Å². The molecule has 0 bridgehead atoms. The molecule has 0 saturated carbocycles. The van der Waals surface area contributed by atoms with Gasteiger partial charge >= 0.3 is 0 Å². The minimum Gasteiger partial charge on any atom is -0.389 e. The Morgan fingerprint density at radius 1 is 1.25 bits per heavy atom. The summed E-state index contributed by atoms with van der Waals surface area (Å²) < 4.78 is 26.2. The predicted molar refractivity (Wildman–Crippen MR) is 85.3 cm³/mol. The van der Waals surface area contributed by atoms with Crippen LogP contribution in [0.3, 0.4) is 0 Å². The highest BCUT2D eigenvalue weighted by molar-refractivity contribution is 7.89. The number of nitrogens with zero attached hydrogens (tertiary/aromatic N) is 2. The molecule has 1 aromatic rings. The van der Waals surface area contributed by atoms with Gasteiger partial charge in [0.1, 0.15) is 4.99 Å². The Kier molecular flexibility index (Phi) is 6.07. The van der Waals surface area contributed by atoms with Gasteiger partial charge < -0.3 is 10.6 Å². The molecule has 1 aromatic carbocycles. The summed E-state index contributed by atoms with van der Waals surface area (Å²) in [6, 6.07) is 6.42. The number of hydrogen-bond acceptors (Lipinski definition) is 4. The van der Waals surface area contributed by atoms with E-state index in [2.05, 4.69) is 0 Å². The standard InChI is InChI=1S/C13H21N3O2S2/c1-15(2)8-5-9-16(3)20(17,18)12-7-4-6-11(10-12)13(14)19/h4,6-7,10H,5,8-9H2,1-3H3,(H2,14,19). The molecule has 0 aromatic heterocycles. The Labute approximate surface area is 126 Å². The van der Waals surface area contributed by atoms with E-state index in [1.807, 2.05) is 19.0 Å². The maximum absolute atomic E-state index is 12.4. The van der Waals surface area contributed by atoms with Gasteiger partial charge in [-0.15, -0.1) is 0 Å². The highest BCUT2D eigenvalue weighted by atomic mass is 32.2. The first kappa shape index (κ1) is 17.0. The first-order chi connectivity index (χ1) is 9.25. The van der Waals surface area contributed by atoms with E-state index in [0.29, 0.717) is 12.1 Å². The average molecular weight is 315 g/mol. The maximum atomic E-state index is 12.4. The quantitative estimate of drug-likeness (QED) is 0.757. The van der Waals surface area contributed by atoms with E-state index >= 15 is 0 Å². The fourth-order valence-electron chi connectivity index (χ4n) is 1.72. The van der Waals surface area contributed by atoms with Crippen LogP contribution in [0.1, 0.15) is 12.0 Å². The molecule has 0 fully saturated rings. The number of nitrogens with two attached hydrogens (primary N) is 1. The Balaban J connectivity index is 2.87. The van der Waals surface area contributed by atoms with Gasteiger partial charge in [-0.1, -0.05) is 24.4 Å². The van der Waals surface area contributed by atoms with Crippen LogP contribution in [0.15, 0.2) is 29.2 Å². The monoisotopic (exact) mass is 315 g/mol. The molecular weight excluding hydrogens is 294 g/mol. The summed E-state index contributed by atoms with van der Waals surface area (Å²) in [5, 5.41) is 0. The lowest BCUT2D eigenvalue weighted by atomic mass is 10.2. The summed E-state index contributed by atoms with van der Waals surface area (Å²) in [6.45, 7) is 1.31. The van der Waals surface area contributed by atoms with Crippen LogP contribution < -0.4 is 5.73 Å². The molecule has 2 N–H and O–H groups in total. The average Bonchev–Trinajstić information content (AvgIpc) is 2.38. The normalized spacial score (nSPS) is 12.1. The van der Waals surface area contributed by atoms with Gasteiger partial charge in [-0.3, -0.25) is 0 Å². The van der Waals surface area contributed by atoms with Crippen molar-refractivity contribution in [2.24, 2.45) is 5.73 Å². The van der Waals surface area contributed by atoms with E-state index in [9.17, 15) is 8.42 Å². The largest absolute Gasteiger partial charge is 0.389 e. The summed E-state index contributed by atoms with van der Waals surface area (Å²) in [7, 11) is 2.01. The van der Waals surface area contributed by atoms with Gasteiger partial charge in [-0.05, 0) is 39.2 Å². The summed E-state index contributed by atoms with van der Waals surface area (Å²) in [5.41, 5.74) is 6.09. The first-order valence-electron chi connectivity index (χ1n) is 6.26. The van der Waals surface area contributed by atoms with Gasteiger partial charge in [0, 0.05) is 19.2 Å². The van der Waals surface area contributed by atoms with Crippen LogP contribution in [-0.2, 0) is 10.0 Å². The summed E-state index contributed by atoms with van der Waals surface area (Å²) in [4.78, 5) is 2.43. The lowest BCUT2D eigenvalue weighted by Gasteiger charge is -2.18. The van der Waals surface area contributed by atoms with Crippen LogP contribution in [0.5, 0.6) is 0 Å². The van der Waals surface area contributed by atoms with Crippen molar-refractivity contribution in [2.75, 3.05) is 34.2 Å². The molecule has 20 heavy (non-hydrogen) atoms. The van der Waals surface area contributed by atoms with Crippen molar-refractivity contribution in [3.8, 4) is 0 Å². The van der Waals surface area contributed by atoms with Crippen molar-refractivity contribution < 1.29 is 8.42 Å². The lowest BCUT2D eigenvalue weighted by Crippen LogP contribution is -2.30. The first-order valence-corrected chi connectivity index (χ1v) is 8.11. The Hall–Kier alpha value is -1.02. The summed E-state index contributed by atoms with van der Waals surface area (Å²) in [5.74, 6) is 0. The number of benzene rings is 1. The second-order valence-corrected chi connectivity index (χ2v) is 7.36. The maximum Gasteiger partial charge on any atom is 0.242 e. The minimum absolute atomic E-state index is 0.192. The third-order valence-corrected chi connectivity index (χ3v) is 4.99. The molecule has 0 aliphatic carbocycles. The smallest absolute Gasteiger partial charge is 0.242 e. The van der Waals surface area contributed by atoms with E-state index in [-0.39, 0.29) is 9.88 Å². The third kappa shape index (κ3) is 4.52. The Morgan fingerprint density at radius 2 is 1.90 bits per heavy atom. The van der Waals surface area contributed by atoms with Gasteiger partial charge in [-0.25, -0.2) is 12.7 Å². The zero-order valence-corrected chi connectivity index (χ0v) is 13.7. The van der Waals surface area contributed by atoms with Crippen LogP contribution >= 0.6 is 12.2 Å². The predicted octanol–water partition coefficient (Wildman–Crippen LogP) is 0.893. The van der Waals surface area contributed by atoms with E-state index in [1.54, 1.807) is 25.2 Å². The molecule has 1 rings (SSSR count). The SMILES string of the molecule is CN(C)CCCN(C)S(=O)(=O)c1cccc(C(N)=S)c1. The van der Waals surface area contributed by atoms with Crippen molar-refractivity contribution in [3.63, 3.8) is 0 Å². The molecule has 0 heterocycles. The number of thiocarbonyl (C=S) groups is 1. The fourth-order valence-corrected chi connectivity index (χ4v) is 3.10. The van der Waals surface area contributed by atoms with E-state index in [1.165, 1.54) is 10.4 Å².